The van der Waals surface area contributed by atoms with Crippen molar-refractivity contribution < 1.29 is 19.1 Å². The third kappa shape index (κ3) is 4.08. The third-order valence-electron chi connectivity index (χ3n) is 3.12. The van der Waals surface area contributed by atoms with Crippen molar-refractivity contribution in [3.05, 3.63) is 59.7 Å². The van der Waals surface area contributed by atoms with Crippen LogP contribution in [0.25, 0.3) is 0 Å². The zero-order valence-corrected chi connectivity index (χ0v) is 12.7. The Bertz CT molecular complexity index is 634. The van der Waals surface area contributed by atoms with Gasteiger partial charge in [-0.05, 0) is 36.8 Å². The van der Waals surface area contributed by atoms with E-state index in [1.165, 1.54) is 0 Å². The van der Waals surface area contributed by atoms with E-state index in [1.54, 1.807) is 43.5 Å². The molecule has 0 amide bonds. The standard InChI is InChI=1S/C15H18NO4P/c1-11-3-7-13(8-4-11)16-15(21(17,18)19)12-5-9-14(20-2)10-6-12/h3-10,15-16H,1-2H3,(H2,17,18,19)/t15-/m0/s1. The molecule has 0 heterocycles. The molecule has 0 aromatic heterocycles. The molecule has 2 aromatic carbocycles. The minimum absolute atomic E-state index is 0.504. The van der Waals surface area contributed by atoms with Gasteiger partial charge >= 0.3 is 7.60 Å². The quantitative estimate of drug-likeness (QED) is 0.739. The van der Waals surface area contributed by atoms with Crippen molar-refractivity contribution >= 4 is 13.3 Å². The molecule has 0 aliphatic carbocycles. The van der Waals surface area contributed by atoms with Gasteiger partial charge in [-0.15, -0.1) is 0 Å². The van der Waals surface area contributed by atoms with Gasteiger partial charge in [-0.25, -0.2) is 0 Å². The Morgan fingerprint density at radius 3 is 2.10 bits per heavy atom. The molecule has 0 fully saturated rings. The Labute approximate surface area is 123 Å². The SMILES string of the molecule is COc1ccc([C@@H](Nc2ccc(C)cc2)P(=O)(O)O)cc1. The highest BCUT2D eigenvalue weighted by Crippen LogP contribution is 2.51. The summed E-state index contributed by atoms with van der Waals surface area (Å²) in [5.74, 6) is -0.454. The minimum atomic E-state index is -4.35. The molecule has 0 bridgehead atoms. The highest BCUT2D eigenvalue weighted by atomic mass is 31.2. The van der Waals surface area contributed by atoms with Gasteiger partial charge in [-0.1, -0.05) is 29.8 Å². The zero-order valence-electron chi connectivity index (χ0n) is 11.9. The molecule has 0 aliphatic heterocycles. The van der Waals surface area contributed by atoms with Crippen LogP contribution in [0.2, 0.25) is 0 Å². The van der Waals surface area contributed by atoms with Crippen LogP contribution in [0.3, 0.4) is 0 Å². The molecule has 2 aromatic rings. The van der Waals surface area contributed by atoms with E-state index in [-0.39, 0.29) is 0 Å². The van der Waals surface area contributed by atoms with Crippen molar-refractivity contribution in [2.45, 2.75) is 12.7 Å². The maximum atomic E-state index is 11.8. The van der Waals surface area contributed by atoms with Crippen LogP contribution in [0.1, 0.15) is 16.9 Å². The van der Waals surface area contributed by atoms with Crippen LogP contribution in [0, 0.1) is 6.92 Å². The Morgan fingerprint density at radius 1 is 1.05 bits per heavy atom. The Kier molecular flexibility index (Phi) is 4.68. The van der Waals surface area contributed by atoms with Crippen LogP contribution in [-0.2, 0) is 4.57 Å². The molecule has 6 heteroatoms. The van der Waals surface area contributed by atoms with Crippen molar-refractivity contribution in [3.8, 4) is 5.75 Å². The highest BCUT2D eigenvalue weighted by molar-refractivity contribution is 7.52. The lowest BCUT2D eigenvalue weighted by Crippen LogP contribution is -2.11. The molecule has 0 saturated heterocycles. The first-order valence-electron chi connectivity index (χ1n) is 6.42. The molecule has 112 valence electrons. The summed E-state index contributed by atoms with van der Waals surface area (Å²) >= 11 is 0. The van der Waals surface area contributed by atoms with Crippen molar-refractivity contribution in [2.24, 2.45) is 0 Å². The Balaban J connectivity index is 2.30. The van der Waals surface area contributed by atoms with Crippen molar-refractivity contribution in [1.82, 2.24) is 0 Å². The molecule has 2 rings (SSSR count). The number of nitrogens with one attached hydrogen (secondary N) is 1. The molecule has 0 radical (unpaired) electrons. The normalized spacial score (nSPS) is 12.8. The van der Waals surface area contributed by atoms with Gasteiger partial charge in [0, 0.05) is 5.69 Å². The molecule has 1 atom stereocenters. The van der Waals surface area contributed by atoms with E-state index >= 15 is 0 Å². The fraction of sp³-hybridized carbons (Fsp3) is 0.200. The van der Waals surface area contributed by atoms with Gasteiger partial charge in [0.15, 0.2) is 5.78 Å². The van der Waals surface area contributed by atoms with Gasteiger partial charge in [-0.2, -0.15) is 0 Å². The number of anilines is 1. The van der Waals surface area contributed by atoms with Crippen molar-refractivity contribution in [2.75, 3.05) is 12.4 Å². The van der Waals surface area contributed by atoms with Gasteiger partial charge in [0.2, 0.25) is 0 Å². The predicted molar refractivity (Wildman–Crippen MR) is 82.6 cm³/mol. The molecular weight excluding hydrogens is 289 g/mol. The maximum Gasteiger partial charge on any atom is 0.352 e. The first-order valence-corrected chi connectivity index (χ1v) is 8.10. The largest absolute Gasteiger partial charge is 0.497 e. The number of rotatable bonds is 5. The Hall–Kier alpha value is -1.81. The van der Waals surface area contributed by atoms with Gasteiger partial charge < -0.3 is 19.8 Å². The monoisotopic (exact) mass is 307 g/mol. The predicted octanol–water partition coefficient (Wildman–Crippen LogP) is 3.29. The summed E-state index contributed by atoms with van der Waals surface area (Å²) < 4.78 is 16.8. The summed E-state index contributed by atoms with van der Waals surface area (Å²) in [5, 5.41) is 2.90. The second kappa shape index (κ2) is 6.31. The van der Waals surface area contributed by atoms with Crippen LogP contribution >= 0.6 is 7.60 Å². The lowest BCUT2D eigenvalue weighted by molar-refractivity contribution is 0.363. The first kappa shape index (κ1) is 15.6. The smallest absolute Gasteiger partial charge is 0.352 e. The average Bonchev–Trinajstić information content (AvgIpc) is 2.45. The molecule has 3 N–H and O–H groups in total. The number of hydrogen-bond donors (Lipinski definition) is 3. The van der Waals surface area contributed by atoms with E-state index in [9.17, 15) is 14.4 Å². The number of methoxy groups -OCH3 is 1. The summed E-state index contributed by atoms with van der Waals surface area (Å²) in [5.41, 5.74) is 2.24. The van der Waals surface area contributed by atoms with Gasteiger partial charge in [-0.3, -0.25) is 4.57 Å². The first-order chi connectivity index (χ1) is 9.90. The van der Waals surface area contributed by atoms with Crippen LogP contribution in [0.5, 0.6) is 5.75 Å². The van der Waals surface area contributed by atoms with Crippen LogP contribution in [0.4, 0.5) is 5.69 Å². The molecule has 21 heavy (non-hydrogen) atoms. The molecule has 5 nitrogen and oxygen atoms in total. The van der Waals surface area contributed by atoms with Gasteiger partial charge in [0.1, 0.15) is 5.75 Å². The number of benzene rings is 2. The molecule has 0 aliphatic rings. The van der Waals surface area contributed by atoms with Crippen molar-refractivity contribution in [1.29, 1.82) is 0 Å². The lowest BCUT2D eigenvalue weighted by atomic mass is 10.2. The zero-order chi connectivity index (χ0) is 15.5. The fourth-order valence-electron chi connectivity index (χ4n) is 1.96. The maximum absolute atomic E-state index is 11.8. The minimum Gasteiger partial charge on any atom is -0.497 e. The summed E-state index contributed by atoms with van der Waals surface area (Å²) in [7, 11) is -2.81. The van der Waals surface area contributed by atoms with E-state index in [2.05, 4.69) is 5.32 Å². The molecule has 0 saturated carbocycles. The number of aryl methyl sites for hydroxylation is 1. The summed E-state index contributed by atoms with van der Waals surface area (Å²) in [6.07, 6.45) is 0. The number of ether oxygens (including phenoxy) is 1. The third-order valence-corrected chi connectivity index (χ3v) is 4.22. The van der Waals surface area contributed by atoms with E-state index in [4.69, 9.17) is 4.74 Å². The van der Waals surface area contributed by atoms with E-state index in [0.717, 1.165) is 5.56 Å². The average molecular weight is 307 g/mol. The second-order valence-electron chi connectivity index (χ2n) is 4.78. The van der Waals surface area contributed by atoms with E-state index in [1.807, 2.05) is 19.1 Å². The van der Waals surface area contributed by atoms with Gasteiger partial charge in [0.25, 0.3) is 0 Å². The van der Waals surface area contributed by atoms with E-state index in [0.29, 0.717) is 17.0 Å². The molecule has 0 spiro atoms. The summed E-state index contributed by atoms with van der Waals surface area (Å²) in [4.78, 5) is 19.2. The second-order valence-corrected chi connectivity index (χ2v) is 6.47. The molecular formula is C15H18NO4P. The highest BCUT2D eigenvalue weighted by Gasteiger charge is 2.30. The topological polar surface area (TPSA) is 78.8 Å². The number of hydrogen-bond acceptors (Lipinski definition) is 3. The fourth-order valence-corrected chi connectivity index (χ4v) is 2.83. The van der Waals surface area contributed by atoms with Crippen LogP contribution < -0.4 is 10.1 Å². The lowest BCUT2D eigenvalue weighted by Gasteiger charge is -2.21. The van der Waals surface area contributed by atoms with Crippen molar-refractivity contribution in [3.63, 3.8) is 0 Å². The summed E-state index contributed by atoms with van der Waals surface area (Å²) in [6.45, 7) is 1.95. The Morgan fingerprint density at radius 2 is 1.62 bits per heavy atom. The summed E-state index contributed by atoms with van der Waals surface area (Å²) in [6, 6.07) is 14.0. The van der Waals surface area contributed by atoms with Gasteiger partial charge in [0.05, 0.1) is 7.11 Å². The van der Waals surface area contributed by atoms with Crippen LogP contribution in [0.15, 0.2) is 48.5 Å². The van der Waals surface area contributed by atoms with E-state index < -0.39 is 13.4 Å². The van der Waals surface area contributed by atoms with Crippen LogP contribution in [-0.4, -0.2) is 16.9 Å². The molecule has 0 unspecified atom stereocenters.